The van der Waals surface area contributed by atoms with Crippen LogP contribution < -0.4 is 10.6 Å². The molecule has 0 saturated heterocycles. The van der Waals surface area contributed by atoms with Crippen LogP contribution in [0.2, 0.25) is 0 Å². The number of nitrogens with one attached hydrogen (secondary N) is 2. The first-order chi connectivity index (χ1) is 11.8. The van der Waals surface area contributed by atoms with Crippen molar-refractivity contribution in [2.45, 2.75) is 13.0 Å². The molecule has 0 bridgehead atoms. The van der Waals surface area contributed by atoms with Crippen molar-refractivity contribution in [3.05, 3.63) is 66.0 Å². The Morgan fingerprint density at radius 3 is 2.75 bits per heavy atom. The van der Waals surface area contributed by atoms with Gasteiger partial charge in [0.15, 0.2) is 11.5 Å². The minimum absolute atomic E-state index is 0.0476. The van der Waals surface area contributed by atoms with E-state index < -0.39 is 0 Å². The number of aromatic nitrogens is 2. The number of nitriles is 1. The maximum atomic E-state index is 11.9. The SMILES string of the molecule is N#Cc1c(NCCC(=O)NCc2ccccc2)nc2ccccn12. The molecule has 0 aliphatic carbocycles. The third kappa shape index (κ3) is 3.52. The van der Waals surface area contributed by atoms with Crippen LogP contribution in [0.1, 0.15) is 17.7 Å². The standard InChI is InChI=1S/C18H17N5O/c19-12-15-18(22-16-8-4-5-11-23(15)16)20-10-9-17(24)21-13-14-6-2-1-3-7-14/h1-8,11,20H,9-10,13H2,(H,21,24). The van der Waals surface area contributed by atoms with Crippen molar-refractivity contribution < 1.29 is 4.79 Å². The molecule has 0 saturated carbocycles. The zero-order chi connectivity index (χ0) is 16.8. The Morgan fingerprint density at radius 2 is 1.96 bits per heavy atom. The van der Waals surface area contributed by atoms with Crippen LogP contribution in [0.25, 0.3) is 5.65 Å². The highest BCUT2D eigenvalue weighted by atomic mass is 16.1. The van der Waals surface area contributed by atoms with Gasteiger partial charge in [0.1, 0.15) is 11.7 Å². The lowest BCUT2D eigenvalue weighted by molar-refractivity contribution is -0.121. The average molecular weight is 319 g/mol. The third-order valence-corrected chi connectivity index (χ3v) is 3.61. The van der Waals surface area contributed by atoms with E-state index in [0.29, 0.717) is 36.7 Å². The number of hydrogen-bond acceptors (Lipinski definition) is 4. The van der Waals surface area contributed by atoms with Gasteiger partial charge in [-0.2, -0.15) is 5.26 Å². The average Bonchev–Trinajstić information content (AvgIpc) is 2.98. The third-order valence-electron chi connectivity index (χ3n) is 3.61. The van der Waals surface area contributed by atoms with Crippen LogP contribution >= 0.6 is 0 Å². The zero-order valence-electron chi connectivity index (χ0n) is 13.1. The fraction of sp³-hybridized carbons (Fsp3) is 0.167. The van der Waals surface area contributed by atoms with Crippen molar-refractivity contribution in [1.82, 2.24) is 14.7 Å². The second-order valence-corrected chi connectivity index (χ2v) is 5.29. The summed E-state index contributed by atoms with van der Waals surface area (Å²) < 4.78 is 1.72. The summed E-state index contributed by atoms with van der Waals surface area (Å²) in [7, 11) is 0. The lowest BCUT2D eigenvalue weighted by Crippen LogP contribution is -2.25. The number of rotatable bonds is 6. The van der Waals surface area contributed by atoms with Gasteiger partial charge in [-0.05, 0) is 17.7 Å². The Hall–Kier alpha value is -3.33. The molecule has 1 amide bonds. The molecule has 1 aromatic carbocycles. The van der Waals surface area contributed by atoms with Gasteiger partial charge in [-0.1, -0.05) is 36.4 Å². The Kier molecular flexibility index (Phi) is 4.73. The summed E-state index contributed by atoms with van der Waals surface area (Å²) in [5, 5.41) is 15.2. The van der Waals surface area contributed by atoms with E-state index in [9.17, 15) is 10.1 Å². The highest BCUT2D eigenvalue weighted by Gasteiger charge is 2.11. The van der Waals surface area contributed by atoms with Gasteiger partial charge in [0, 0.05) is 25.7 Å². The van der Waals surface area contributed by atoms with Crippen molar-refractivity contribution in [3.63, 3.8) is 0 Å². The number of fused-ring (bicyclic) bond motifs is 1. The minimum Gasteiger partial charge on any atom is -0.367 e. The van der Waals surface area contributed by atoms with Gasteiger partial charge in [0.25, 0.3) is 0 Å². The Morgan fingerprint density at radius 1 is 1.17 bits per heavy atom. The predicted octanol–water partition coefficient (Wildman–Crippen LogP) is 2.32. The van der Waals surface area contributed by atoms with Gasteiger partial charge in [-0.25, -0.2) is 4.98 Å². The summed E-state index contributed by atoms with van der Waals surface area (Å²) in [6, 6.07) is 17.4. The van der Waals surface area contributed by atoms with E-state index in [2.05, 4.69) is 21.7 Å². The number of nitrogens with zero attached hydrogens (tertiary/aromatic N) is 3. The number of anilines is 1. The van der Waals surface area contributed by atoms with Gasteiger partial charge in [-0.15, -0.1) is 0 Å². The first-order valence-corrected chi connectivity index (χ1v) is 7.69. The van der Waals surface area contributed by atoms with Crippen molar-refractivity contribution in [2.75, 3.05) is 11.9 Å². The number of carbonyl (C=O) groups is 1. The molecule has 0 spiro atoms. The van der Waals surface area contributed by atoms with E-state index in [1.165, 1.54) is 0 Å². The number of benzene rings is 1. The lowest BCUT2D eigenvalue weighted by Gasteiger charge is -2.06. The number of imidazole rings is 1. The monoisotopic (exact) mass is 319 g/mol. The zero-order valence-corrected chi connectivity index (χ0v) is 13.1. The van der Waals surface area contributed by atoms with E-state index in [0.717, 1.165) is 5.56 Å². The molecule has 24 heavy (non-hydrogen) atoms. The van der Waals surface area contributed by atoms with E-state index in [4.69, 9.17) is 0 Å². The maximum absolute atomic E-state index is 11.9. The van der Waals surface area contributed by atoms with Crippen LogP contribution in [0.5, 0.6) is 0 Å². The molecule has 3 aromatic rings. The van der Waals surface area contributed by atoms with Crippen molar-refractivity contribution in [2.24, 2.45) is 0 Å². The number of hydrogen-bond donors (Lipinski definition) is 2. The van der Waals surface area contributed by atoms with E-state index in [1.54, 1.807) is 10.6 Å². The van der Waals surface area contributed by atoms with Gasteiger partial charge >= 0.3 is 0 Å². The first-order valence-electron chi connectivity index (χ1n) is 7.69. The van der Waals surface area contributed by atoms with Crippen LogP contribution in [0.15, 0.2) is 54.7 Å². The summed E-state index contributed by atoms with van der Waals surface area (Å²) in [5.41, 5.74) is 2.20. The van der Waals surface area contributed by atoms with Gasteiger partial charge in [-0.3, -0.25) is 9.20 Å². The summed E-state index contributed by atoms with van der Waals surface area (Å²) in [6.07, 6.45) is 2.10. The normalized spacial score (nSPS) is 10.3. The fourth-order valence-corrected chi connectivity index (χ4v) is 2.41. The maximum Gasteiger partial charge on any atom is 0.222 e. The summed E-state index contributed by atoms with van der Waals surface area (Å²) in [5.74, 6) is 0.452. The lowest BCUT2D eigenvalue weighted by atomic mass is 10.2. The molecule has 0 aliphatic heterocycles. The molecule has 6 heteroatoms. The van der Waals surface area contributed by atoms with Crippen LogP contribution in [0.4, 0.5) is 5.82 Å². The van der Waals surface area contributed by atoms with Gasteiger partial charge < -0.3 is 10.6 Å². The molecule has 0 aliphatic rings. The first kappa shape index (κ1) is 15.6. The molecule has 2 heterocycles. The van der Waals surface area contributed by atoms with E-state index >= 15 is 0 Å². The number of pyridine rings is 1. The molecule has 0 atom stereocenters. The molecule has 6 nitrogen and oxygen atoms in total. The van der Waals surface area contributed by atoms with E-state index in [1.807, 2.05) is 48.5 Å². The smallest absolute Gasteiger partial charge is 0.222 e. The highest BCUT2D eigenvalue weighted by molar-refractivity contribution is 5.76. The predicted molar refractivity (Wildman–Crippen MR) is 91.3 cm³/mol. The number of amides is 1. The largest absolute Gasteiger partial charge is 0.367 e. The second kappa shape index (κ2) is 7.29. The fourth-order valence-electron chi connectivity index (χ4n) is 2.41. The molecule has 0 unspecified atom stereocenters. The van der Waals surface area contributed by atoms with Gasteiger partial charge in [0.2, 0.25) is 5.91 Å². The topological polar surface area (TPSA) is 82.2 Å². The Bertz CT molecular complexity index is 879. The molecular weight excluding hydrogens is 302 g/mol. The van der Waals surface area contributed by atoms with Crippen LogP contribution in [0.3, 0.4) is 0 Å². The second-order valence-electron chi connectivity index (χ2n) is 5.29. The Labute approximate surface area is 139 Å². The van der Waals surface area contributed by atoms with Crippen LogP contribution in [-0.4, -0.2) is 21.8 Å². The molecule has 3 rings (SSSR count). The van der Waals surface area contributed by atoms with Crippen LogP contribution in [-0.2, 0) is 11.3 Å². The number of carbonyl (C=O) groups excluding carboxylic acids is 1. The molecule has 2 aromatic heterocycles. The summed E-state index contributed by atoms with van der Waals surface area (Å²) in [4.78, 5) is 16.3. The van der Waals surface area contributed by atoms with Crippen molar-refractivity contribution in [1.29, 1.82) is 5.26 Å². The molecule has 120 valence electrons. The highest BCUT2D eigenvalue weighted by Crippen LogP contribution is 2.16. The van der Waals surface area contributed by atoms with Crippen LogP contribution in [0, 0.1) is 11.3 Å². The summed E-state index contributed by atoms with van der Waals surface area (Å²) >= 11 is 0. The molecule has 0 fully saturated rings. The quantitative estimate of drug-likeness (QED) is 0.730. The molecule has 2 N–H and O–H groups in total. The molecular formula is C18H17N5O. The minimum atomic E-state index is -0.0476. The van der Waals surface area contributed by atoms with Crippen molar-refractivity contribution in [3.8, 4) is 6.07 Å². The van der Waals surface area contributed by atoms with Gasteiger partial charge in [0.05, 0.1) is 0 Å². The van der Waals surface area contributed by atoms with Crippen molar-refractivity contribution >= 4 is 17.4 Å². The Balaban J connectivity index is 1.53. The summed E-state index contributed by atoms with van der Waals surface area (Å²) in [6.45, 7) is 0.927. The van der Waals surface area contributed by atoms with E-state index in [-0.39, 0.29) is 5.91 Å². The molecule has 0 radical (unpaired) electrons.